The summed E-state index contributed by atoms with van der Waals surface area (Å²) in [6.45, 7) is 1.82. The molecule has 0 fully saturated rings. The largest absolute Gasteiger partial charge is 0.489 e. The summed E-state index contributed by atoms with van der Waals surface area (Å²) in [5, 5.41) is 0. The van der Waals surface area contributed by atoms with E-state index in [2.05, 4.69) is 10.9 Å². The first-order chi connectivity index (χ1) is 13.5. The van der Waals surface area contributed by atoms with Gasteiger partial charge in [-0.25, -0.2) is 0 Å². The predicted octanol–water partition coefficient (Wildman–Crippen LogP) is 3.60. The average Bonchev–Trinajstić information content (AvgIpc) is 3.22. The normalized spacial score (nSPS) is 10.2. The maximum atomic E-state index is 12.2. The second-order valence-corrected chi connectivity index (χ2v) is 7.01. The van der Waals surface area contributed by atoms with Gasteiger partial charge in [0.1, 0.15) is 12.4 Å². The van der Waals surface area contributed by atoms with Crippen molar-refractivity contribution in [3.05, 3.63) is 87.6 Å². The van der Waals surface area contributed by atoms with Crippen molar-refractivity contribution in [3.63, 3.8) is 0 Å². The van der Waals surface area contributed by atoms with Crippen LogP contribution in [0.1, 0.15) is 42.2 Å². The van der Waals surface area contributed by atoms with Crippen molar-refractivity contribution in [2.45, 2.75) is 13.5 Å². The average molecular weight is 394 g/mol. The summed E-state index contributed by atoms with van der Waals surface area (Å²) >= 11 is 1.08. The van der Waals surface area contributed by atoms with Crippen LogP contribution in [0, 0.1) is 0 Å². The van der Waals surface area contributed by atoms with Gasteiger partial charge < -0.3 is 4.74 Å². The third kappa shape index (κ3) is 5.05. The minimum atomic E-state index is -0.473. The monoisotopic (exact) mass is 394 g/mol. The Hall–Kier alpha value is -3.45. The summed E-state index contributed by atoms with van der Waals surface area (Å²) < 4.78 is 5.66. The van der Waals surface area contributed by atoms with E-state index in [1.165, 1.54) is 6.92 Å². The Labute approximate surface area is 166 Å². The van der Waals surface area contributed by atoms with Crippen LogP contribution >= 0.6 is 11.3 Å². The molecular weight excluding hydrogens is 376 g/mol. The highest BCUT2D eigenvalue weighted by Gasteiger charge is 2.13. The first-order valence-corrected chi connectivity index (χ1v) is 9.33. The zero-order valence-corrected chi connectivity index (χ0v) is 15.9. The highest BCUT2D eigenvalue weighted by atomic mass is 32.1. The van der Waals surface area contributed by atoms with E-state index < -0.39 is 11.8 Å². The first-order valence-electron chi connectivity index (χ1n) is 8.51. The van der Waals surface area contributed by atoms with Gasteiger partial charge in [0.25, 0.3) is 11.8 Å². The van der Waals surface area contributed by atoms with Gasteiger partial charge >= 0.3 is 0 Å². The van der Waals surface area contributed by atoms with Gasteiger partial charge in [-0.1, -0.05) is 30.3 Å². The lowest BCUT2D eigenvalue weighted by Gasteiger charge is -2.08. The van der Waals surface area contributed by atoms with Crippen molar-refractivity contribution >= 4 is 28.9 Å². The smallest absolute Gasteiger partial charge is 0.279 e. The molecule has 0 saturated carbocycles. The molecule has 6 nitrogen and oxygen atoms in total. The van der Waals surface area contributed by atoms with Gasteiger partial charge in [0.15, 0.2) is 5.78 Å². The second-order valence-electron chi connectivity index (χ2n) is 5.93. The van der Waals surface area contributed by atoms with Crippen molar-refractivity contribution in [3.8, 4) is 5.75 Å². The molecule has 3 aromatic rings. The van der Waals surface area contributed by atoms with Crippen molar-refractivity contribution in [1.29, 1.82) is 0 Å². The van der Waals surface area contributed by atoms with Gasteiger partial charge in [-0.15, -0.1) is 11.3 Å². The molecule has 142 valence electrons. The van der Waals surface area contributed by atoms with Crippen molar-refractivity contribution in [1.82, 2.24) is 10.9 Å². The molecule has 0 aliphatic rings. The van der Waals surface area contributed by atoms with E-state index in [9.17, 15) is 14.4 Å². The van der Waals surface area contributed by atoms with Crippen molar-refractivity contribution < 1.29 is 19.1 Å². The van der Waals surface area contributed by atoms with Gasteiger partial charge in [-0.05, 0) is 48.9 Å². The number of para-hydroxylation sites is 1. The fourth-order valence-corrected chi connectivity index (χ4v) is 3.13. The summed E-state index contributed by atoms with van der Waals surface area (Å²) in [7, 11) is 0. The van der Waals surface area contributed by atoms with Gasteiger partial charge in [-0.2, -0.15) is 0 Å². The third-order valence-corrected chi connectivity index (χ3v) is 5.02. The van der Waals surface area contributed by atoms with Gasteiger partial charge in [0.2, 0.25) is 0 Å². The number of benzene rings is 2. The SMILES string of the molecule is CC(=O)c1ccc(C(=O)NNC(=O)c2ccc(COc3ccccc3)cc2)s1. The van der Waals surface area contributed by atoms with Crippen molar-refractivity contribution in [2.24, 2.45) is 0 Å². The van der Waals surface area contributed by atoms with Gasteiger partial charge in [0.05, 0.1) is 9.75 Å². The number of ketones is 1. The fraction of sp³-hybridized carbons (Fsp3) is 0.0952. The zero-order valence-electron chi connectivity index (χ0n) is 15.1. The zero-order chi connectivity index (χ0) is 19.9. The highest BCUT2D eigenvalue weighted by molar-refractivity contribution is 7.15. The van der Waals surface area contributed by atoms with Crippen LogP contribution in [0.4, 0.5) is 0 Å². The van der Waals surface area contributed by atoms with E-state index in [1.807, 2.05) is 30.3 Å². The number of carbonyl (C=O) groups excluding carboxylic acids is 3. The lowest BCUT2D eigenvalue weighted by Crippen LogP contribution is -2.41. The Morgan fingerprint density at radius 2 is 1.46 bits per heavy atom. The molecule has 0 aliphatic carbocycles. The Balaban J connectivity index is 1.51. The van der Waals surface area contributed by atoms with Crippen LogP contribution in [0.5, 0.6) is 5.75 Å². The van der Waals surface area contributed by atoms with Crippen LogP contribution < -0.4 is 15.6 Å². The first kappa shape index (κ1) is 19.3. The number of amides is 2. The van der Waals surface area contributed by atoms with E-state index in [1.54, 1.807) is 36.4 Å². The van der Waals surface area contributed by atoms with E-state index in [0.29, 0.717) is 21.9 Å². The molecule has 2 amide bonds. The van der Waals surface area contributed by atoms with Crippen molar-refractivity contribution in [2.75, 3.05) is 0 Å². The third-order valence-electron chi connectivity index (χ3n) is 3.83. The van der Waals surface area contributed by atoms with Crippen LogP contribution in [0.3, 0.4) is 0 Å². The Kier molecular flexibility index (Phi) is 6.18. The molecule has 3 rings (SSSR count). The molecule has 2 N–H and O–H groups in total. The highest BCUT2D eigenvalue weighted by Crippen LogP contribution is 2.16. The molecule has 0 unspecified atom stereocenters. The summed E-state index contributed by atoms with van der Waals surface area (Å²) in [4.78, 5) is 36.3. The number of rotatable bonds is 6. The lowest BCUT2D eigenvalue weighted by atomic mass is 10.1. The quantitative estimate of drug-likeness (QED) is 0.494. The van der Waals surface area contributed by atoms with Crippen LogP contribution in [-0.2, 0) is 6.61 Å². The van der Waals surface area contributed by atoms with E-state index in [0.717, 1.165) is 22.6 Å². The molecule has 1 aromatic heterocycles. The Morgan fingerprint density at radius 1 is 0.821 bits per heavy atom. The maximum Gasteiger partial charge on any atom is 0.279 e. The van der Waals surface area contributed by atoms with Crippen LogP contribution in [-0.4, -0.2) is 17.6 Å². The number of hydrazine groups is 1. The summed E-state index contributed by atoms with van der Waals surface area (Å²) in [6, 6.07) is 19.5. The fourth-order valence-electron chi connectivity index (χ4n) is 2.33. The summed E-state index contributed by atoms with van der Waals surface area (Å²) in [5.41, 5.74) is 6.03. The number of ether oxygens (including phenoxy) is 1. The topological polar surface area (TPSA) is 84.5 Å². The van der Waals surface area contributed by atoms with E-state index in [4.69, 9.17) is 4.74 Å². The minimum absolute atomic E-state index is 0.107. The van der Waals surface area contributed by atoms with Crippen LogP contribution in [0.15, 0.2) is 66.7 Å². The number of hydrogen-bond donors (Lipinski definition) is 2. The Bertz CT molecular complexity index is 981. The Morgan fingerprint density at radius 3 is 2.11 bits per heavy atom. The van der Waals surface area contributed by atoms with Gasteiger partial charge in [-0.3, -0.25) is 25.2 Å². The molecule has 2 aromatic carbocycles. The van der Waals surface area contributed by atoms with E-state index >= 15 is 0 Å². The standard InChI is InChI=1S/C21H18N2O4S/c1-14(24)18-11-12-19(28-18)21(26)23-22-20(25)16-9-7-15(8-10-16)13-27-17-5-3-2-4-6-17/h2-12H,13H2,1H3,(H,22,25)(H,23,26). The lowest BCUT2D eigenvalue weighted by molar-refractivity contribution is 0.0849. The maximum absolute atomic E-state index is 12.2. The molecule has 28 heavy (non-hydrogen) atoms. The minimum Gasteiger partial charge on any atom is -0.489 e. The molecule has 7 heteroatoms. The second kappa shape index (κ2) is 8.96. The molecule has 1 heterocycles. The van der Waals surface area contributed by atoms with Crippen LogP contribution in [0.25, 0.3) is 0 Å². The number of thiophene rings is 1. The molecule has 0 saturated heterocycles. The predicted molar refractivity (Wildman–Crippen MR) is 106 cm³/mol. The number of nitrogens with one attached hydrogen (secondary N) is 2. The number of carbonyl (C=O) groups is 3. The molecule has 0 atom stereocenters. The summed E-state index contributed by atoms with van der Waals surface area (Å²) in [6.07, 6.45) is 0. The number of Topliss-reactive ketones (excluding diaryl/α,β-unsaturated/α-hetero) is 1. The van der Waals surface area contributed by atoms with Gasteiger partial charge in [0, 0.05) is 5.56 Å². The molecule has 0 bridgehead atoms. The molecular formula is C21H18N2O4S. The summed E-state index contributed by atoms with van der Waals surface area (Å²) in [5.74, 6) is -0.246. The molecule has 0 spiro atoms. The molecule has 0 radical (unpaired) electrons. The number of hydrogen-bond acceptors (Lipinski definition) is 5. The molecule has 0 aliphatic heterocycles. The van der Waals surface area contributed by atoms with E-state index in [-0.39, 0.29) is 5.78 Å². The van der Waals surface area contributed by atoms with Crippen LogP contribution in [0.2, 0.25) is 0 Å².